The van der Waals surface area contributed by atoms with Gasteiger partial charge in [0.1, 0.15) is 0 Å². The van der Waals surface area contributed by atoms with Crippen molar-refractivity contribution in [2.24, 2.45) is 5.73 Å². The molecule has 0 aliphatic carbocycles. The summed E-state index contributed by atoms with van der Waals surface area (Å²) < 4.78 is 5.06. The molecule has 116 valence electrons. The van der Waals surface area contributed by atoms with Crippen LogP contribution in [-0.4, -0.2) is 55.2 Å². The van der Waals surface area contributed by atoms with Crippen LogP contribution in [0, 0.1) is 0 Å². The van der Waals surface area contributed by atoms with Gasteiger partial charge in [-0.15, -0.1) is 0 Å². The quantitative estimate of drug-likeness (QED) is 0.899. The van der Waals surface area contributed by atoms with Gasteiger partial charge in [0, 0.05) is 32.2 Å². The van der Waals surface area contributed by atoms with Gasteiger partial charge < -0.3 is 15.4 Å². The maximum absolute atomic E-state index is 11.7. The normalized spacial score (nSPS) is 17.5. The standard InChI is InChI=1S/C16H25N3O2/c1-2-21-16(20)19-12-10-18(11-13-19)15(8-9-17)14-6-4-3-5-7-14/h3-7,15H,2,8-13,17H2,1H3. The first kappa shape index (κ1) is 15.8. The van der Waals surface area contributed by atoms with E-state index in [1.807, 2.05) is 13.0 Å². The molecule has 0 radical (unpaired) electrons. The van der Waals surface area contributed by atoms with Crippen molar-refractivity contribution >= 4 is 6.09 Å². The first-order valence-electron chi connectivity index (χ1n) is 7.67. The van der Waals surface area contributed by atoms with Gasteiger partial charge in [-0.3, -0.25) is 4.90 Å². The molecule has 0 spiro atoms. The summed E-state index contributed by atoms with van der Waals surface area (Å²) in [5, 5.41) is 0. The fourth-order valence-corrected chi connectivity index (χ4v) is 2.82. The molecule has 0 bridgehead atoms. The second-order valence-electron chi connectivity index (χ2n) is 5.23. The van der Waals surface area contributed by atoms with E-state index < -0.39 is 0 Å². The van der Waals surface area contributed by atoms with Gasteiger partial charge in [-0.2, -0.15) is 0 Å². The van der Waals surface area contributed by atoms with E-state index in [2.05, 4.69) is 29.2 Å². The zero-order valence-electron chi connectivity index (χ0n) is 12.7. The topological polar surface area (TPSA) is 58.8 Å². The summed E-state index contributed by atoms with van der Waals surface area (Å²) in [7, 11) is 0. The van der Waals surface area contributed by atoms with Crippen LogP contribution in [0.1, 0.15) is 24.9 Å². The Morgan fingerprint density at radius 1 is 1.24 bits per heavy atom. The number of benzene rings is 1. The number of nitrogens with zero attached hydrogens (tertiary/aromatic N) is 2. The molecule has 0 aromatic heterocycles. The van der Waals surface area contributed by atoms with Gasteiger partial charge >= 0.3 is 6.09 Å². The lowest BCUT2D eigenvalue weighted by atomic mass is 10.0. The van der Waals surface area contributed by atoms with Crippen molar-refractivity contribution in [3.05, 3.63) is 35.9 Å². The zero-order valence-corrected chi connectivity index (χ0v) is 12.7. The Morgan fingerprint density at radius 2 is 1.90 bits per heavy atom. The number of carbonyl (C=O) groups is 1. The summed E-state index contributed by atoms with van der Waals surface area (Å²) in [6.07, 6.45) is 0.732. The Balaban J connectivity index is 1.96. The first-order valence-corrected chi connectivity index (χ1v) is 7.67. The molecular weight excluding hydrogens is 266 g/mol. The Bertz CT molecular complexity index is 430. The second-order valence-corrected chi connectivity index (χ2v) is 5.23. The number of hydrogen-bond acceptors (Lipinski definition) is 4. The molecule has 5 heteroatoms. The molecule has 21 heavy (non-hydrogen) atoms. The number of carbonyl (C=O) groups excluding carboxylic acids is 1. The Morgan fingerprint density at radius 3 is 2.48 bits per heavy atom. The molecule has 1 aromatic rings. The van der Waals surface area contributed by atoms with E-state index in [1.54, 1.807) is 4.90 Å². The van der Waals surface area contributed by atoms with E-state index >= 15 is 0 Å². The van der Waals surface area contributed by atoms with Crippen LogP contribution in [0.25, 0.3) is 0 Å². The van der Waals surface area contributed by atoms with Gasteiger partial charge in [-0.1, -0.05) is 30.3 Å². The third kappa shape index (κ3) is 4.19. The molecule has 1 aliphatic rings. The van der Waals surface area contributed by atoms with Crippen LogP contribution in [-0.2, 0) is 4.74 Å². The fourth-order valence-electron chi connectivity index (χ4n) is 2.82. The van der Waals surface area contributed by atoms with E-state index in [1.165, 1.54) is 5.56 Å². The number of rotatable bonds is 5. The second kappa shape index (κ2) is 8.00. The van der Waals surface area contributed by atoms with Crippen LogP contribution >= 0.6 is 0 Å². The van der Waals surface area contributed by atoms with E-state index in [0.717, 1.165) is 19.5 Å². The summed E-state index contributed by atoms with van der Waals surface area (Å²) >= 11 is 0. The molecule has 0 saturated carbocycles. The van der Waals surface area contributed by atoms with Crippen LogP contribution in [0.5, 0.6) is 0 Å². The number of piperazine rings is 1. The van der Waals surface area contributed by atoms with E-state index in [0.29, 0.717) is 32.3 Å². The molecule has 1 amide bonds. The Hall–Kier alpha value is -1.59. The van der Waals surface area contributed by atoms with Crippen LogP contribution in [0.4, 0.5) is 4.79 Å². The average Bonchev–Trinajstić information content (AvgIpc) is 2.54. The van der Waals surface area contributed by atoms with Gasteiger partial charge in [-0.05, 0) is 25.5 Å². The van der Waals surface area contributed by atoms with Gasteiger partial charge in [0.05, 0.1) is 6.61 Å². The number of ether oxygens (including phenoxy) is 1. The highest BCUT2D eigenvalue weighted by Gasteiger charge is 2.27. The molecule has 1 heterocycles. The third-order valence-electron chi connectivity index (χ3n) is 3.91. The first-order chi connectivity index (χ1) is 10.3. The third-order valence-corrected chi connectivity index (χ3v) is 3.91. The number of amides is 1. The average molecular weight is 291 g/mol. The predicted molar refractivity (Wildman–Crippen MR) is 83.0 cm³/mol. The highest BCUT2D eigenvalue weighted by Crippen LogP contribution is 2.25. The maximum Gasteiger partial charge on any atom is 0.409 e. The predicted octanol–water partition coefficient (Wildman–Crippen LogP) is 1.85. The van der Waals surface area contributed by atoms with Crippen molar-refractivity contribution in [2.75, 3.05) is 39.3 Å². The maximum atomic E-state index is 11.7. The summed E-state index contributed by atoms with van der Waals surface area (Å²) in [4.78, 5) is 15.9. The van der Waals surface area contributed by atoms with Crippen molar-refractivity contribution in [2.45, 2.75) is 19.4 Å². The smallest absolute Gasteiger partial charge is 0.409 e. The molecule has 2 N–H and O–H groups in total. The van der Waals surface area contributed by atoms with Crippen molar-refractivity contribution in [3.8, 4) is 0 Å². The lowest BCUT2D eigenvalue weighted by molar-refractivity contribution is 0.0645. The minimum Gasteiger partial charge on any atom is -0.450 e. The van der Waals surface area contributed by atoms with Crippen molar-refractivity contribution in [3.63, 3.8) is 0 Å². The van der Waals surface area contributed by atoms with Gasteiger partial charge in [-0.25, -0.2) is 4.79 Å². The van der Waals surface area contributed by atoms with Gasteiger partial charge in [0.15, 0.2) is 0 Å². The Kier molecular flexibility index (Phi) is 6.02. The lowest BCUT2D eigenvalue weighted by Crippen LogP contribution is -2.50. The molecular formula is C16H25N3O2. The van der Waals surface area contributed by atoms with Crippen molar-refractivity contribution in [1.29, 1.82) is 0 Å². The minimum atomic E-state index is -0.202. The molecule has 1 aliphatic heterocycles. The van der Waals surface area contributed by atoms with Gasteiger partial charge in [0.2, 0.25) is 0 Å². The molecule has 5 nitrogen and oxygen atoms in total. The number of nitrogens with two attached hydrogens (primary N) is 1. The largest absolute Gasteiger partial charge is 0.450 e. The number of hydrogen-bond donors (Lipinski definition) is 1. The summed E-state index contributed by atoms with van der Waals surface area (Å²) in [6, 6.07) is 10.8. The summed E-state index contributed by atoms with van der Waals surface area (Å²) in [6.45, 7) is 6.08. The van der Waals surface area contributed by atoms with Crippen LogP contribution in [0.2, 0.25) is 0 Å². The molecule has 1 aromatic carbocycles. The molecule has 1 saturated heterocycles. The lowest BCUT2D eigenvalue weighted by Gasteiger charge is -2.39. The molecule has 2 rings (SSSR count). The highest BCUT2D eigenvalue weighted by molar-refractivity contribution is 5.67. The van der Waals surface area contributed by atoms with Crippen molar-refractivity contribution < 1.29 is 9.53 Å². The van der Waals surface area contributed by atoms with E-state index in [-0.39, 0.29) is 6.09 Å². The fraction of sp³-hybridized carbons (Fsp3) is 0.562. The Labute approximate surface area is 126 Å². The van der Waals surface area contributed by atoms with Crippen LogP contribution in [0.15, 0.2) is 30.3 Å². The minimum absolute atomic E-state index is 0.202. The van der Waals surface area contributed by atoms with Gasteiger partial charge in [0.25, 0.3) is 0 Å². The van der Waals surface area contributed by atoms with Crippen molar-refractivity contribution in [1.82, 2.24) is 9.80 Å². The molecule has 1 atom stereocenters. The van der Waals surface area contributed by atoms with Crippen LogP contribution in [0.3, 0.4) is 0 Å². The molecule has 1 unspecified atom stereocenters. The van der Waals surface area contributed by atoms with E-state index in [4.69, 9.17) is 10.5 Å². The highest BCUT2D eigenvalue weighted by atomic mass is 16.6. The summed E-state index contributed by atoms with van der Waals surface area (Å²) in [5.74, 6) is 0. The zero-order chi connectivity index (χ0) is 15.1. The molecule has 1 fully saturated rings. The SMILES string of the molecule is CCOC(=O)N1CCN(C(CCN)c2ccccc2)CC1. The van der Waals surface area contributed by atoms with E-state index in [9.17, 15) is 4.79 Å². The summed E-state index contributed by atoms with van der Waals surface area (Å²) in [5.41, 5.74) is 7.08. The van der Waals surface area contributed by atoms with Crippen LogP contribution < -0.4 is 5.73 Å². The monoisotopic (exact) mass is 291 g/mol.